The molecule has 2 aliphatic rings. The first-order valence-corrected chi connectivity index (χ1v) is 19.7. The van der Waals surface area contributed by atoms with E-state index in [-0.39, 0.29) is 49.8 Å². The first kappa shape index (κ1) is 36.8. The van der Waals surface area contributed by atoms with Gasteiger partial charge in [0.1, 0.15) is 25.3 Å². The van der Waals surface area contributed by atoms with Crippen molar-refractivity contribution in [2.75, 3.05) is 37.9 Å². The van der Waals surface area contributed by atoms with Gasteiger partial charge >= 0.3 is 24.1 Å². The maximum absolute atomic E-state index is 13.0. The lowest BCUT2D eigenvalue weighted by Crippen LogP contribution is -2.45. The third-order valence-electron chi connectivity index (χ3n) is 8.97. The highest BCUT2D eigenvalue weighted by Gasteiger charge is 2.32. The molecule has 0 heterocycles. The number of ether oxygens (including phenoxy) is 4. The van der Waals surface area contributed by atoms with E-state index < -0.39 is 36.2 Å². The minimum absolute atomic E-state index is 0.0973. The number of esters is 2. The van der Waals surface area contributed by atoms with Crippen LogP contribution in [0.2, 0.25) is 0 Å². The predicted molar refractivity (Wildman–Crippen MR) is 202 cm³/mol. The van der Waals surface area contributed by atoms with Gasteiger partial charge in [-0.25, -0.2) is 19.2 Å². The molecule has 0 bridgehead atoms. The van der Waals surface area contributed by atoms with Crippen LogP contribution in [0.25, 0.3) is 22.3 Å². The van der Waals surface area contributed by atoms with Gasteiger partial charge in [-0.2, -0.15) is 0 Å². The summed E-state index contributed by atoms with van der Waals surface area (Å²) in [6.45, 7) is 3.83. The van der Waals surface area contributed by atoms with E-state index in [1.54, 1.807) is 13.8 Å². The van der Waals surface area contributed by atoms with E-state index in [0.29, 0.717) is 0 Å². The van der Waals surface area contributed by atoms with Crippen LogP contribution in [0.1, 0.15) is 47.9 Å². The van der Waals surface area contributed by atoms with E-state index in [0.717, 1.165) is 44.5 Å². The summed E-state index contributed by atoms with van der Waals surface area (Å²) in [6, 6.07) is 30.1. The van der Waals surface area contributed by atoms with Gasteiger partial charge in [0.25, 0.3) is 0 Å². The molecule has 0 saturated carbocycles. The van der Waals surface area contributed by atoms with Crippen molar-refractivity contribution in [3.05, 3.63) is 119 Å². The monoisotopic (exact) mass is 740 g/mol. The highest BCUT2D eigenvalue weighted by atomic mass is 33.1. The van der Waals surface area contributed by atoms with Crippen molar-refractivity contribution in [1.82, 2.24) is 10.6 Å². The molecule has 12 heteroatoms. The number of rotatable bonds is 15. The average Bonchev–Trinajstić information content (AvgIpc) is 3.66. The van der Waals surface area contributed by atoms with E-state index >= 15 is 0 Å². The normalized spacial score (nSPS) is 13.8. The molecule has 0 unspecified atom stereocenters. The Hall–Kier alpha value is -4.94. The van der Waals surface area contributed by atoms with Gasteiger partial charge in [0.2, 0.25) is 0 Å². The van der Waals surface area contributed by atoms with Crippen molar-refractivity contribution in [2.45, 2.75) is 37.8 Å². The van der Waals surface area contributed by atoms with Crippen molar-refractivity contribution in [3.63, 3.8) is 0 Å². The molecule has 4 aromatic rings. The number of alkyl carbamates (subject to hydrolysis) is 2. The Morgan fingerprint density at radius 3 is 1.13 bits per heavy atom. The zero-order valence-electron chi connectivity index (χ0n) is 28.9. The zero-order chi connectivity index (χ0) is 36.5. The molecule has 10 nitrogen and oxygen atoms in total. The molecule has 0 aromatic heterocycles. The van der Waals surface area contributed by atoms with E-state index in [1.165, 1.54) is 21.6 Å². The number of hydrogen-bond acceptors (Lipinski definition) is 10. The molecule has 0 aliphatic heterocycles. The van der Waals surface area contributed by atoms with Crippen molar-refractivity contribution in [1.29, 1.82) is 0 Å². The lowest BCUT2D eigenvalue weighted by molar-refractivity contribution is -0.145. The summed E-state index contributed by atoms with van der Waals surface area (Å²) in [5.41, 5.74) is 8.75. The number of benzene rings is 4. The average molecular weight is 741 g/mol. The second-order valence-corrected chi connectivity index (χ2v) is 14.7. The van der Waals surface area contributed by atoms with E-state index in [9.17, 15) is 19.2 Å². The maximum atomic E-state index is 13.0. The van der Waals surface area contributed by atoms with Crippen LogP contribution in [0.4, 0.5) is 9.59 Å². The Morgan fingerprint density at radius 1 is 0.519 bits per heavy atom. The first-order valence-electron chi connectivity index (χ1n) is 17.2. The molecule has 4 aromatic carbocycles. The largest absolute Gasteiger partial charge is 0.464 e. The van der Waals surface area contributed by atoms with Crippen molar-refractivity contribution in [2.24, 2.45) is 0 Å². The molecule has 0 fully saturated rings. The summed E-state index contributed by atoms with van der Waals surface area (Å²) < 4.78 is 21.7. The summed E-state index contributed by atoms with van der Waals surface area (Å²) in [4.78, 5) is 51.6. The minimum atomic E-state index is -1.01. The van der Waals surface area contributed by atoms with Gasteiger partial charge in [-0.1, -0.05) is 119 Å². The number of carbonyl (C=O) groups is 4. The molecule has 2 amide bonds. The van der Waals surface area contributed by atoms with Gasteiger partial charge in [-0.05, 0) is 58.4 Å². The summed E-state index contributed by atoms with van der Waals surface area (Å²) in [7, 11) is 2.47. The van der Waals surface area contributed by atoms with Crippen LogP contribution in [-0.2, 0) is 28.5 Å². The quantitative estimate of drug-likeness (QED) is 0.0554. The molecule has 2 N–H and O–H groups in total. The lowest BCUT2D eigenvalue weighted by Gasteiger charge is -2.20. The summed E-state index contributed by atoms with van der Waals surface area (Å²) in [6.07, 6.45) is -1.49. The Kier molecular flexibility index (Phi) is 12.4. The van der Waals surface area contributed by atoms with E-state index in [4.69, 9.17) is 18.9 Å². The Labute approximate surface area is 310 Å². The van der Waals surface area contributed by atoms with Crippen LogP contribution in [0.15, 0.2) is 97.1 Å². The predicted octanol–water partition coefficient (Wildman–Crippen LogP) is 7.31. The molecule has 0 radical (unpaired) electrons. The third kappa shape index (κ3) is 8.40. The van der Waals surface area contributed by atoms with Gasteiger partial charge in [0.05, 0.1) is 13.2 Å². The zero-order valence-corrected chi connectivity index (χ0v) is 30.5. The molecule has 6 rings (SSSR count). The maximum Gasteiger partial charge on any atom is 0.407 e. The second-order valence-electron chi connectivity index (χ2n) is 12.1. The molecule has 52 heavy (non-hydrogen) atoms. The smallest absolute Gasteiger partial charge is 0.407 e. The fourth-order valence-corrected chi connectivity index (χ4v) is 8.92. The number of fused-ring (bicyclic) bond motifs is 6. The number of nitrogens with one attached hydrogen (secondary N) is 2. The number of hydrogen-bond donors (Lipinski definition) is 2. The standard InChI is InChI=1S/C40H40N2O8S2/c1-3-47-37(43)35(41-39(45)49-21-33-29-17-9-5-13-25(29)26-14-6-10-18-30(26)33)23-51-52-24-36(38(44)48-4-2)42-40(46)50-22-34-31-19-11-7-15-27(31)28-16-8-12-20-32(28)34/h5-20,33-36H,3-4,21-24H2,1-2H3,(H,41,45)(H,42,46)/t35-,36-/m0/s1. The van der Waals surface area contributed by atoms with Crippen LogP contribution < -0.4 is 10.6 Å². The van der Waals surface area contributed by atoms with Crippen LogP contribution >= 0.6 is 21.6 Å². The minimum Gasteiger partial charge on any atom is -0.464 e. The van der Waals surface area contributed by atoms with Crippen LogP contribution in [0.5, 0.6) is 0 Å². The number of carbonyl (C=O) groups excluding carboxylic acids is 4. The Balaban J connectivity index is 1.01. The molecule has 270 valence electrons. The topological polar surface area (TPSA) is 129 Å². The third-order valence-corrected chi connectivity index (χ3v) is 11.4. The molecule has 0 spiro atoms. The fraction of sp³-hybridized carbons (Fsp3) is 0.300. The molecular weight excluding hydrogens is 701 g/mol. The lowest BCUT2D eigenvalue weighted by atomic mass is 9.98. The van der Waals surface area contributed by atoms with Crippen LogP contribution in [0.3, 0.4) is 0 Å². The summed E-state index contributed by atoms with van der Waals surface area (Å²) >= 11 is 0. The highest BCUT2D eigenvalue weighted by molar-refractivity contribution is 8.76. The summed E-state index contributed by atoms with van der Waals surface area (Å²) in [5.74, 6) is -1.24. The molecule has 2 atom stereocenters. The Morgan fingerprint density at radius 2 is 0.827 bits per heavy atom. The SMILES string of the molecule is CCOC(=O)[C@H](CSSC[C@H](NC(=O)OCC1c2ccccc2-c2ccccc21)C(=O)OCC)NC(=O)OCC1c2ccccc2-c2ccccc21. The van der Waals surface area contributed by atoms with Crippen molar-refractivity contribution in [3.8, 4) is 22.3 Å². The van der Waals surface area contributed by atoms with Gasteiger partial charge in [0, 0.05) is 23.3 Å². The van der Waals surface area contributed by atoms with E-state index in [2.05, 4.69) is 34.9 Å². The van der Waals surface area contributed by atoms with Crippen LogP contribution in [-0.4, -0.2) is 74.1 Å². The highest BCUT2D eigenvalue weighted by Crippen LogP contribution is 2.45. The van der Waals surface area contributed by atoms with Gasteiger partial charge in [-0.15, -0.1) is 0 Å². The van der Waals surface area contributed by atoms with Gasteiger partial charge in [-0.3, -0.25) is 0 Å². The number of amides is 2. The van der Waals surface area contributed by atoms with Gasteiger partial charge in [0.15, 0.2) is 0 Å². The van der Waals surface area contributed by atoms with Crippen molar-refractivity contribution < 1.29 is 38.1 Å². The summed E-state index contributed by atoms with van der Waals surface area (Å²) in [5, 5.41) is 5.29. The van der Waals surface area contributed by atoms with Crippen LogP contribution in [0, 0.1) is 0 Å². The van der Waals surface area contributed by atoms with Gasteiger partial charge < -0.3 is 29.6 Å². The Bertz CT molecular complexity index is 1690. The fourth-order valence-electron chi connectivity index (χ4n) is 6.62. The second kappa shape index (κ2) is 17.5. The molecule has 0 saturated heterocycles. The molecule has 2 aliphatic carbocycles. The van der Waals surface area contributed by atoms with E-state index in [1.807, 2.05) is 72.8 Å². The van der Waals surface area contributed by atoms with Crippen molar-refractivity contribution >= 4 is 45.7 Å². The first-order chi connectivity index (χ1) is 25.4. The molecular formula is C40H40N2O8S2.